The van der Waals surface area contributed by atoms with Crippen LogP contribution in [-0.4, -0.2) is 11.2 Å². The van der Waals surface area contributed by atoms with Crippen LogP contribution in [0.2, 0.25) is 0 Å². The molecule has 1 aromatic carbocycles. The fourth-order valence-electron chi connectivity index (χ4n) is 1.79. The Balaban J connectivity index is 1.99. The molecule has 0 bridgehead atoms. The molecule has 1 aliphatic rings. The fraction of sp³-hybridized carbons (Fsp3) is 0.538. The summed E-state index contributed by atoms with van der Waals surface area (Å²) in [6.07, 6.45) is 4.41. The molecule has 0 radical (unpaired) electrons. The van der Waals surface area contributed by atoms with Crippen LogP contribution in [0.1, 0.15) is 43.2 Å². The van der Waals surface area contributed by atoms with Crippen LogP contribution in [-0.2, 0) is 6.42 Å². The van der Waals surface area contributed by atoms with E-state index in [4.69, 9.17) is 0 Å². The molecule has 1 aliphatic carbocycles. The van der Waals surface area contributed by atoms with E-state index in [1.165, 1.54) is 24.0 Å². The second kappa shape index (κ2) is 4.14. The van der Waals surface area contributed by atoms with E-state index in [0.29, 0.717) is 0 Å². The van der Waals surface area contributed by atoms with Gasteiger partial charge in [-0.2, -0.15) is 0 Å². The monoisotopic (exact) mass is 190 g/mol. The highest BCUT2D eigenvalue weighted by atomic mass is 16.3. The van der Waals surface area contributed by atoms with Crippen LogP contribution in [0.3, 0.4) is 0 Å². The van der Waals surface area contributed by atoms with Gasteiger partial charge in [0.15, 0.2) is 0 Å². The smallest absolute Gasteiger partial charge is 0.0515 e. The minimum atomic E-state index is -0.181. The topological polar surface area (TPSA) is 20.2 Å². The summed E-state index contributed by atoms with van der Waals surface area (Å²) < 4.78 is 0. The molecular weight excluding hydrogens is 172 g/mol. The maximum absolute atomic E-state index is 9.20. The van der Waals surface area contributed by atoms with Gasteiger partial charge in [-0.3, -0.25) is 0 Å². The van der Waals surface area contributed by atoms with Gasteiger partial charge in [0.25, 0.3) is 0 Å². The van der Waals surface area contributed by atoms with E-state index >= 15 is 0 Å². The van der Waals surface area contributed by atoms with Gasteiger partial charge in [-0.05, 0) is 49.7 Å². The molecule has 0 saturated heterocycles. The van der Waals surface area contributed by atoms with E-state index in [-0.39, 0.29) is 6.10 Å². The Labute approximate surface area is 85.8 Å². The number of hydrogen-bond acceptors (Lipinski definition) is 1. The highest BCUT2D eigenvalue weighted by Gasteiger charge is 2.23. The summed E-state index contributed by atoms with van der Waals surface area (Å²) in [4.78, 5) is 0. The molecule has 2 rings (SSSR count). The summed E-state index contributed by atoms with van der Waals surface area (Å²) in [5.41, 5.74) is 2.86. The predicted octanol–water partition coefficient (Wildman–Crippen LogP) is 2.88. The molecular formula is C13H18O. The standard InChI is InChI=1S/C13H18O/c1-10(14)5-6-11-3-2-4-13(9-11)12-7-8-12/h2-4,9-10,12,14H,5-8H2,1H3/t10-/m1/s1. The molecule has 0 aromatic heterocycles. The number of aliphatic hydroxyl groups excluding tert-OH is 1. The molecule has 14 heavy (non-hydrogen) atoms. The van der Waals surface area contributed by atoms with Crippen molar-refractivity contribution in [2.45, 2.75) is 44.6 Å². The summed E-state index contributed by atoms with van der Waals surface area (Å²) >= 11 is 0. The molecule has 0 spiro atoms. The van der Waals surface area contributed by atoms with Crippen LogP contribution in [0.5, 0.6) is 0 Å². The first-order chi connectivity index (χ1) is 6.75. The van der Waals surface area contributed by atoms with Gasteiger partial charge in [0.2, 0.25) is 0 Å². The van der Waals surface area contributed by atoms with Crippen molar-refractivity contribution < 1.29 is 5.11 Å². The molecule has 0 aliphatic heterocycles. The lowest BCUT2D eigenvalue weighted by molar-refractivity contribution is 0.185. The molecule has 0 unspecified atom stereocenters. The third-order valence-electron chi connectivity index (χ3n) is 2.85. The first-order valence-corrected chi connectivity index (χ1v) is 5.52. The minimum absolute atomic E-state index is 0.181. The number of hydrogen-bond donors (Lipinski definition) is 1. The number of aliphatic hydroxyl groups is 1. The molecule has 1 aromatic rings. The summed E-state index contributed by atoms with van der Waals surface area (Å²) in [7, 11) is 0. The number of rotatable bonds is 4. The Bertz CT molecular complexity index is 300. The molecule has 1 nitrogen and oxygen atoms in total. The molecule has 1 fully saturated rings. The lowest BCUT2D eigenvalue weighted by Crippen LogP contribution is -2.01. The van der Waals surface area contributed by atoms with Crippen molar-refractivity contribution in [3.8, 4) is 0 Å². The quantitative estimate of drug-likeness (QED) is 0.774. The molecule has 0 amide bonds. The fourth-order valence-corrected chi connectivity index (χ4v) is 1.79. The third kappa shape index (κ3) is 2.58. The first kappa shape index (κ1) is 9.72. The largest absolute Gasteiger partial charge is 0.393 e. The van der Waals surface area contributed by atoms with Crippen molar-refractivity contribution in [3.05, 3.63) is 35.4 Å². The second-order valence-corrected chi connectivity index (χ2v) is 4.41. The summed E-state index contributed by atoms with van der Waals surface area (Å²) in [5, 5.41) is 9.20. The Morgan fingerprint density at radius 1 is 1.43 bits per heavy atom. The van der Waals surface area contributed by atoms with Gasteiger partial charge in [-0.1, -0.05) is 24.3 Å². The summed E-state index contributed by atoms with van der Waals surface area (Å²) in [6.45, 7) is 1.85. The highest BCUT2D eigenvalue weighted by Crippen LogP contribution is 2.40. The van der Waals surface area contributed by atoms with E-state index in [1.807, 2.05) is 6.92 Å². The van der Waals surface area contributed by atoms with E-state index in [9.17, 15) is 5.11 Å². The average Bonchev–Trinajstić information content (AvgIpc) is 2.98. The van der Waals surface area contributed by atoms with Gasteiger partial charge >= 0.3 is 0 Å². The van der Waals surface area contributed by atoms with Gasteiger partial charge in [-0.15, -0.1) is 0 Å². The van der Waals surface area contributed by atoms with Gasteiger partial charge in [0.05, 0.1) is 6.10 Å². The van der Waals surface area contributed by atoms with Crippen molar-refractivity contribution in [1.82, 2.24) is 0 Å². The van der Waals surface area contributed by atoms with Crippen molar-refractivity contribution in [2.24, 2.45) is 0 Å². The van der Waals surface area contributed by atoms with E-state index < -0.39 is 0 Å². The highest BCUT2D eigenvalue weighted by molar-refractivity contribution is 5.29. The van der Waals surface area contributed by atoms with Crippen molar-refractivity contribution >= 4 is 0 Å². The lowest BCUT2D eigenvalue weighted by atomic mass is 10.0. The minimum Gasteiger partial charge on any atom is -0.393 e. The average molecular weight is 190 g/mol. The van der Waals surface area contributed by atoms with E-state index in [1.54, 1.807) is 0 Å². The zero-order valence-electron chi connectivity index (χ0n) is 8.74. The zero-order valence-corrected chi connectivity index (χ0v) is 8.74. The molecule has 1 N–H and O–H groups in total. The molecule has 1 saturated carbocycles. The number of benzene rings is 1. The van der Waals surface area contributed by atoms with Gasteiger partial charge in [0.1, 0.15) is 0 Å². The third-order valence-corrected chi connectivity index (χ3v) is 2.85. The summed E-state index contributed by atoms with van der Waals surface area (Å²) in [6, 6.07) is 8.84. The van der Waals surface area contributed by atoms with Gasteiger partial charge in [0, 0.05) is 0 Å². The Morgan fingerprint density at radius 2 is 2.21 bits per heavy atom. The van der Waals surface area contributed by atoms with Gasteiger partial charge in [-0.25, -0.2) is 0 Å². The molecule has 1 atom stereocenters. The Hall–Kier alpha value is -0.820. The van der Waals surface area contributed by atoms with Crippen LogP contribution in [0.4, 0.5) is 0 Å². The molecule has 0 heterocycles. The van der Waals surface area contributed by atoms with Crippen molar-refractivity contribution in [1.29, 1.82) is 0 Å². The van der Waals surface area contributed by atoms with Crippen LogP contribution < -0.4 is 0 Å². The van der Waals surface area contributed by atoms with Crippen LogP contribution in [0.25, 0.3) is 0 Å². The zero-order chi connectivity index (χ0) is 9.97. The first-order valence-electron chi connectivity index (χ1n) is 5.52. The van der Waals surface area contributed by atoms with E-state index in [2.05, 4.69) is 24.3 Å². The van der Waals surface area contributed by atoms with Crippen LogP contribution >= 0.6 is 0 Å². The Kier molecular flexibility index (Phi) is 2.87. The maximum atomic E-state index is 9.20. The Morgan fingerprint density at radius 3 is 2.86 bits per heavy atom. The maximum Gasteiger partial charge on any atom is 0.0515 e. The van der Waals surface area contributed by atoms with Gasteiger partial charge < -0.3 is 5.11 Å². The second-order valence-electron chi connectivity index (χ2n) is 4.41. The van der Waals surface area contributed by atoms with Crippen LogP contribution in [0, 0.1) is 0 Å². The predicted molar refractivity (Wildman–Crippen MR) is 58.4 cm³/mol. The molecule has 76 valence electrons. The van der Waals surface area contributed by atoms with Crippen molar-refractivity contribution in [2.75, 3.05) is 0 Å². The van der Waals surface area contributed by atoms with Crippen molar-refractivity contribution in [3.63, 3.8) is 0 Å². The summed E-state index contributed by atoms with van der Waals surface area (Å²) in [5.74, 6) is 0.835. The van der Waals surface area contributed by atoms with Crippen LogP contribution in [0.15, 0.2) is 24.3 Å². The molecule has 1 heteroatoms. The number of aryl methyl sites for hydroxylation is 1. The SMILES string of the molecule is C[C@@H](O)CCc1cccc(C2CC2)c1. The lowest BCUT2D eigenvalue weighted by Gasteiger charge is -2.06. The van der Waals surface area contributed by atoms with E-state index in [0.717, 1.165) is 18.8 Å². The normalized spacial score (nSPS) is 18.1.